The number of aliphatic carboxylic acids is 1. The van der Waals surface area contributed by atoms with Crippen molar-refractivity contribution in [1.29, 1.82) is 0 Å². The third kappa shape index (κ3) is 4.37. The highest BCUT2D eigenvalue weighted by molar-refractivity contribution is 5.80. The summed E-state index contributed by atoms with van der Waals surface area (Å²) in [5.74, 6) is -0.0763. The van der Waals surface area contributed by atoms with Crippen molar-refractivity contribution < 1.29 is 19.4 Å². The van der Waals surface area contributed by atoms with Gasteiger partial charge in [-0.1, -0.05) is 0 Å². The van der Waals surface area contributed by atoms with E-state index in [1.165, 1.54) is 4.90 Å². The second-order valence-electron chi connectivity index (χ2n) is 5.91. The highest BCUT2D eigenvalue weighted by atomic mass is 16.5. The fraction of sp³-hybridized carbons (Fsp3) is 0.857. The van der Waals surface area contributed by atoms with Crippen molar-refractivity contribution in [3.05, 3.63) is 0 Å². The maximum absolute atomic E-state index is 12.5. The van der Waals surface area contributed by atoms with E-state index in [-0.39, 0.29) is 12.6 Å². The average Bonchev–Trinajstić information content (AvgIpc) is 3.21. The normalized spacial score (nSPS) is 22.6. The van der Waals surface area contributed by atoms with Crippen molar-refractivity contribution in [3.63, 3.8) is 0 Å². The van der Waals surface area contributed by atoms with Gasteiger partial charge in [-0.2, -0.15) is 0 Å². The molecule has 2 aliphatic rings. The van der Waals surface area contributed by atoms with Gasteiger partial charge in [0.15, 0.2) is 0 Å². The smallest absolute Gasteiger partial charge is 0.323 e. The lowest BCUT2D eigenvalue weighted by atomic mass is 9.99. The van der Waals surface area contributed by atoms with Crippen LogP contribution < -0.4 is 0 Å². The van der Waals surface area contributed by atoms with Crippen LogP contribution in [0.1, 0.15) is 25.7 Å². The lowest BCUT2D eigenvalue weighted by Gasteiger charge is -2.35. The van der Waals surface area contributed by atoms with E-state index < -0.39 is 5.97 Å². The number of amides is 2. The molecule has 0 bridgehead atoms. The van der Waals surface area contributed by atoms with Gasteiger partial charge in [0.25, 0.3) is 0 Å². The van der Waals surface area contributed by atoms with Crippen LogP contribution in [0, 0.1) is 11.8 Å². The standard InChI is InChI=1S/C14H24N2O4/c1-20-10-12-3-2-6-15(8-12)14(19)16(9-13(17)18)7-11-4-5-11/h11-12H,2-10H2,1H3,(H,17,18). The van der Waals surface area contributed by atoms with Gasteiger partial charge in [-0.25, -0.2) is 4.79 Å². The predicted octanol–water partition coefficient (Wildman–Crippen LogP) is 1.26. The number of carbonyl (C=O) groups is 2. The lowest BCUT2D eigenvalue weighted by molar-refractivity contribution is -0.137. The summed E-state index contributed by atoms with van der Waals surface area (Å²) < 4.78 is 5.16. The number of methoxy groups -OCH3 is 1. The van der Waals surface area contributed by atoms with E-state index in [4.69, 9.17) is 9.84 Å². The molecule has 2 fully saturated rings. The summed E-state index contributed by atoms with van der Waals surface area (Å²) >= 11 is 0. The molecule has 1 atom stereocenters. The quantitative estimate of drug-likeness (QED) is 0.797. The average molecular weight is 284 g/mol. The Hall–Kier alpha value is -1.30. The van der Waals surface area contributed by atoms with Crippen molar-refractivity contribution in [3.8, 4) is 0 Å². The summed E-state index contributed by atoms with van der Waals surface area (Å²) in [5.41, 5.74) is 0. The zero-order valence-electron chi connectivity index (χ0n) is 12.1. The number of hydrogen-bond acceptors (Lipinski definition) is 3. The number of ether oxygens (including phenoxy) is 1. The van der Waals surface area contributed by atoms with Gasteiger partial charge < -0.3 is 19.6 Å². The zero-order chi connectivity index (χ0) is 14.5. The topological polar surface area (TPSA) is 70.1 Å². The van der Waals surface area contributed by atoms with Crippen LogP contribution >= 0.6 is 0 Å². The van der Waals surface area contributed by atoms with Crippen molar-refractivity contribution in [2.45, 2.75) is 25.7 Å². The molecule has 0 spiro atoms. The van der Waals surface area contributed by atoms with Gasteiger partial charge in [-0.05, 0) is 31.6 Å². The molecule has 6 nitrogen and oxygen atoms in total. The summed E-state index contributed by atoms with van der Waals surface area (Å²) in [6.45, 7) is 2.44. The second kappa shape index (κ2) is 6.92. The van der Waals surface area contributed by atoms with Crippen LogP contribution in [-0.4, -0.2) is 66.8 Å². The predicted molar refractivity (Wildman–Crippen MR) is 73.5 cm³/mol. The Balaban J connectivity index is 1.92. The van der Waals surface area contributed by atoms with Gasteiger partial charge in [-0.15, -0.1) is 0 Å². The Labute approximate surface area is 119 Å². The molecule has 1 saturated carbocycles. The summed E-state index contributed by atoms with van der Waals surface area (Å²) in [5, 5.41) is 8.97. The van der Waals surface area contributed by atoms with E-state index in [0.717, 1.165) is 32.2 Å². The molecule has 0 radical (unpaired) electrons. The molecule has 20 heavy (non-hydrogen) atoms. The Morgan fingerprint density at radius 2 is 2.05 bits per heavy atom. The highest BCUT2D eigenvalue weighted by Gasteiger charge is 2.32. The lowest BCUT2D eigenvalue weighted by Crippen LogP contribution is -2.50. The zero-order valence-corrected chi connectivity index (χ0v) is 12.1. The first-order valence-corrected chi connectivity index (χ1v) is 7.34. The molecule has 114 valence electrons. The first-order chi connectivity index (χ1) is 9.60. The van der Waals surface area contributed by atoms with Crippen LogP contribution in [0.2, 0.25) is 0 Å². The molecule has 0 aromatic heterocycles. The Kier molecular flexibility index (Phi) is 5.23. The van der Waals surface area contributed by atoms with E-state index in [9.17, 15) is 9.59 Å². The molecule has 1 N–H and O–H groups in total. The van der Waals surface area contributed by atoms with Gasteiger partial charge in [0.05, 0.1) is 6.61 Å². The third-order valence-electron chi connectivity index (χ3n) is 3.96. The van der Waals surface area contributed by atoms with Crippen molar-refractivity contribution in [2.75, 3.05) is 39.9 Å². The van der Waals surface area contributed by atoms with Gasteiger partial charge in [0, 0.05) is 32.7 Å². The molecule has 2 rings (SSSR count). The minimum absolute atomic E-state index is 0.125. The number of nitrogens with zero attached hydrogens (tertiary/aromatic N) is 2. The fourth-order valence-corrected chi connectivity index (χ4v) is 2.80. The Morgan fingerprint density at radius 1 is 1.30 bits per heavy atom. The number of carboxylic acid groups (broad SMARTS) is 1. The molecular formula is C14H24N2O4. The van der Waals surface area contributed by atoms with Gasteiger partial charge >= 0.3 is 12.0 Å². The monoisotopic (exact) mass is 284 g/mol. The van der Waals surface area contributed by atoms with E-state index in [1.807, 2.05) is 0 Å². The van der Waals surface area contributed by atoms with Crippen LogP contribution in [0.4, 0.5) is 4.79 Å². The number of carboxylic acids is 1. The molecular weight excluding hydrogens is 260 g/mol. The minimum atomic E-state index is -0.940. The summed E-state index contributed by atoms with van der Waals surface area (Å²) in [4.78, 5) is 26.7. The fourth-order valence-electron chi connectivity index (χ4n) is 2.80. The molecule has 1 unspecified atom stereocenters. The van der Waals surface area contributed by atoms with Crippen LogP contribution in [-0.2, 0) is 9.53 Å². The summed E-state index contributed by atoms with van der Waals surface area (Å²) in [7, 11) is 1.67. The number of rotatable bonds is 6. The van der Waals surface area contributed by atoms with E-state index >= 15 is 0 Å². The number of hydrogen-bond donors (Lipinski definition) is 1. The number of urea groups is 1. The van der Waals surface area contributed by atoms with Gasteiger partial charge in [0.2, 0.25) is 0 Å². The molecule has 0 aromatic carbocycles. The summed E-state index contributed by atoms with van der Waals surface area (Å²) in [6.07, 6.45) is 4.24. The molecule has 1 aliphatic carbocycles. The van der Waals surface area contributed by atoms with E-state index in [2.05, 4.69) is 0 Å². The highest BCUT2D eigenvalue weighted by Crippen LogP contribution is 2.30. The first kappa shape index (κ1) is 15.1. The number of likely N-dealkylation sites (tertiary alicyclic amines) is 1. The molecule has 6 heteroatoms. The van der Waals surface area contributed by atoms with Crippen molar-refractivity contribution in [1.82, 2.24) is 9.80 Å². The maximum Gasteiger partial charge on any atom is 0.323 e. The van der Waals surface area contributed by atoms with Crippen molar-refractivity contribution in [2.24, 2.45) is 11.8 Å². The molecule has 1 aliphatic heterocycles. The second-order valence-corrected chi connectivity index (χ2v) is 5.91. The SMILES string of the molecule is COCC1CCCN(C(=O)N(CC(=O)O)CC2CC2)C1. The largest absolute Gasteiger partial charge is 0.480 e. The minimum Gasteiger partial charge on any atom is -0.480 e. The van der Waals surface area contributed by atoms with Crippen molar-refractivity contribution >= 4 is 12.0 Å². The van der Waals surface area contributed by atoms with E-state index in [1.54, 1.807) is 12.0 Å². The maximum atomic E-state index is 12.5. The van der Waals surface area contributed by atoms with Gasteiger partial charge in [-0.3, -0.25) is 4.79 Å². The van der Waals surface area contributed by atoms with Crippen LogP contribution in [0.15, 0.2) is 0 Å². The Morgan fingerprint density at radius 3 is 2.65 bits per heavy atom. The number of carbonyl (C=O) groups excluding carboxylic acids is 1. The Bertz CT molecular complexity index is 355. The van der Waals surface area contributed by atoms with E-state index in [0.29, 0.717) is 31.5 Å². The summed E-state index contributed by atoms with van der Waals surface area (Å²) in [6, 6.07) is -0.125. The van der Waals surface area contributed by atoms with Gasteiger partial charge in [0.1, 0.15) is 6.54 Å². The molecule has 2 amide bonds. The molecule has 0 aromatic rings. The van der Waals surface area contributed by atoms with Crippen LogP contribution in [0.3, 0.4) is 0 Å². The van der Waals surface area contributed by atoms with Crippen LogP contribution in [0.5, 0.6) is 0 Å². The first-order valence-electron chi connectivity index (χ1n) is 7.34. The third-order valence-corrected chi connectivity index (χ3v) is 3.96. The molecule has 1 heterocycles. The van der Waals surface area contributed by atoms with Crippen LogP contribution in [0.25, 0.3) is 0 Å². The molecule has 1 saturated heterocycles. The number of piperidine rings is 1.